The fourth-order valence-corrected chi connectivity index (χ4v) is 3.09. The van der Waals surface area contributed by atoms with Crippen LogP contribution in [0.4, 0.5) is 5.69 Å². The first-order chi connectivity index (χ1) is 11.6. The van der Waals surface area contributed by atoms with E-state index in [1.54, 1.807) is 17.1 Å². The van der Waals surface area contributed by atoms with Crippen molar-refractivity contribution in [3.8, 4) is 11.3 Å². The summed E-state index contributed by atoms with van der Waals surface area (Å²) in [6.07, 6.45) is 5.08. The fraction of sp³-hybridized carbons (Fsp3) is 0.167. The molecule has 0 bridgehead atoms. The van der Waals surface area contributed by atoms with Crippen LogP contribution in [0, 0.1) is 6.92 Å². The highest BCUT2D eigenvalue weighted by atomic mass is 16.2. The zero-order valence-electron chi connectivity index (χ0n) is 13.4. The lowest BCUT2D eigenvalue weighted by Crippen LogP contribution is -2.39. The molecule has 6 heteroatoms. The molecule has 24 heavy (non-hydrogen) atoms. The number of aromatic nitrogens is 3. The molecule has 1 aliphatic rings. The second-order valence-electron chi connectivity index (χ2n) is 5.90. The predicted octanol–water partition coefficient (Wildman–Crippen LogP) is 2.64. The first kappa shape index (κ1) is 14.4. The summed E-state index contributed by atoms with van der Waals surface area (Å²) in [7, 11) is 1.87. The molecule has 3 heterocycles. The number of benzene rings is 1. The number of aryl methyl sites for hydroxylation is 2. The summed E-state index contributed by atoms with van der Waals surface area (Å²) in [5, 5.41) is 11.0. The number of nitrogens with one attached hydrogen (secondary N) is 2. The van der Waals surface area contributed by atoms with Crippen LogP contribution in [0.3, 0.4) is 0 Å². The third-order valence-corrected chi connectivity index (χ3v) is 4.18. The summed E-state index contributed by atoms with van der Waals surface area (Å²) < 4.78 is 1.75. The van der Waals surface area contributed by atoms with Crippen molar-refractivity contribution in [1.29, 1.82) is 0 Å². The molecule has 0 unspecified atom stereocenters. The van der Waals surface area contributed by atoms with E-state index >= 15 is 0 Å². The summed E-state index contributed by atoms with van der Waals surface area (Å²) in [5.41, 5.74) is 5.12. The Morgan fingerprint density at radius 2 is 2.04 bits per heavy atom. The molecule has 3 aromatic rings. The van der Waals surface area contributed by atoms with Gasteiger partial charge in [0.2, 0.25) is 0 Å². The Balaban J connectivity index is 1.78. The van der Waals surface area contributed by atoms with Crippen LogP contribution in [0.15, 0.2) is 48.9 Å². The number of carbonyl (C=O) groups excluding carboxylic acids is 1. The molecule has 4 rings (SSSR count). The van der Waals surface area contributed by atoms with Gasteiger partial charge >= 0.3 is 0 Å². The Bertz CT molecular complexity index is 916. The minimum Gasteiger partial charge on any atom is -0.361 e. The zero-order chi connectivity index (χ0) is 16.7. The van der Waals surface area contributed by atoms with E-state index in [0.717, 1.165) is 28.1 Å². The molecular weight excluding hydrogens is 302 g/mol. The van der Waals surface area contributed by atoms with Crippen molar-refractivity contribution < 1.29 is 4.79 Å². The van der Waals surface area contributed by atoms with Gasteiger partial charge in [0, 0.05) is 42.5 Å². The third kappa shape index (κ3) is 2.32. The van der Waals surface area contributed by atoms with Gasteiger partial charge in [-0.2, -0.15) is 5.10 Å². The molecule has 1 aliphatic heterocycles. The van der Waals surface area contributed by atoms with Crippen molar-refractivity contribution in [3.05, 3.63) is 65.6 Å². The van der Waals surface area contributed by atoms with Gasteiger partial charge in [-0.3, -0.25) is 14.5 Å². The average Bonchev–Trinajstić information content (AvgIpc) is 2.97. The highest BCUT2D eigenvalue weighted by Crippen LogP contribution is 2.32. The maximum absolute atomic E-state index is 12.6. The summed E-state index contributed by atoms with van der Waals surface area (Å²) in [6.45, 7) is 1.94. The van der Waals surface area contributed by atoms with Crippen LogP contribution in [-0.2, 0) is 7.05 Å². The van der Waals surface area contributed by atoms with E-state index in [9.17, 15) is 4.79 Å². The topological polar surface area (TPSA) is 71.8 Å². The lowest BCUT2D eigenvalue weighted by Gasteiger charge is -2.28. The molecule has 0 aliphatic carbocycles. The first-order valence-electron chi connectivity index (χ1n) is 7.74. The van der Waals surface area contributed by atoms with Gasteiger partial charge in [0.05, 0.1) is 5.56 Å². The second-order valence-corrected chi connectivity index (χ2v) is 5.90. The number of carbonyl (C=O) groups is 1. The minimum absolute atomic E-state index is 0.0761. The summed E-state index contributed by atoms with van der Waals surface area (Å²) in [4.78, 5) is 16.7. The van der Waals surface area contributed by atoms with Crippen LogP contribution in [0.5, 0.6) is 0 Å². The number of hydrogen-bond acceptors (Lipinski definition) is 4. The van der Waals surface area contributed by atoms with E-state index in [-0.39, 0.29) is 12.1 Å². The maximum Gasteiger partial charge on any atom is 0.255 e. The van der Waals surface area contributed by atoms with Gasteiger partial charge in [0.1, 0.15) is 11.9 Å². The van der Waals surface area contributed by atoms with E-state index in [1.165, 1.54) is 0 Å². The van der Waals surface area contributed by atoms with Crippen LogP contribution in [0.1, 0.15) is 27.7 Å². The van der Waals surface area contributed by atoms with E-state index in [0.29, 0.717) is 5.56 Å². The van der Waals surface area contributed by atoms with Gasteiger partial charge in [0.25, 0.3) is 5.91 Å². The standard InChI is InChI=1S/C18H17N5O/c1-11-5-3-7-14-15(11)18(24)21-17(20-14)13-10-23(2)22-16(13)12-6-4-8-19-9-12/h3-10,17,20H,1-2H3,(H,21,24)/t17-/m0/s1. The highest BCUT2D eigenvalue weighted by molar-refractivity contribution is 6.03. The molecule has 1 aromatic carbocycles. The van der Waals surface area contributed by atoms with Gasteiger partial charge in [-0.15, -0.1) is 0 Å². The molecule has 1 atom stereocenters. The smallest absolute Gasteiger partial charge is 0.255 e. The SMILES string of the molecule is Cc1cccc2c1C(=O)N[C@@H](c1cn(C)nc1-c1cccnc1)N2. The monoisotopic (exact) mass is 319 g/mol. The molecule has 0 saturated heterocycles. The van der Waals surface area contributed by atoms with Crippen LogP contribution in [0.2, 0.25) is 0 Å². The van der Waals surface area contributed by atoms with Gasteiger partial charge in [-0.05, 0) is 30.7 Å². The molecule has 0 radical (unpaired) electrons. The molecule has 1 amide bonds. The molecule has 6 nitrogen and oxygen atoms in total. The third-order valence-electron chi connectivity index (χ3n) is 4.18. The van der Waals surface area contributed by atoms with Crippen LogP contribution in [0.25, 0.3) is 11.3 Å². The molecule has 0 spiro atoms. The largest absolute Gasteiger partial charge is 0.361 e. The Kier molecular flexibility index (Phi) is 3.30. The van der Waals surface area contributed by atoms with E-state index < -0.39 is 0 Å². The number of amides is 1. The number of pyridine rings is 1. The number of nitrogens with zero attached hydrogens (tertiary/aromatic N) is 3. The minimum atomic E-state index is -0.337. The first-order valence-corrected chi connectivity index (χ1v) is 7.74. The highest BCUT2D eigenvalue weighted by Gasteiger charge is 2.28. The fourth-order valence-electron chi connectivity index (χ4n) is 3.09. The summed E-state index contributed by atoms with van der Waals surface area (Å²) in [6, 6.07) is 9.64. The number of anilines is 1. The second kappa shape index (κ2) is 5.49. The summed E-state index contributed by atoms with van der Waals surface area (Å²) in [5.74, 6) is -0.0761. The van der Waals surface area contributed by atoms with Crippen LogP contribution >= 0.6 is 0 Å². The Hall–Kier alpha value is -3.15. The Morgan fingerprint density at radius 3 is 2.83 bits per heavy atom. The van der Waals surface area contributed by atoms with Crippen LogP contribution < -0.4 is 10.6 Å². The van der Waals surface area contributed by atoms with Crippen molar-refractivity contribution in [3.63, 3.8) is 0 Å². The van der Waals surface area contributed by atoms with Crippen molar-refractivity contribution in [2.24, 2.45) is 7.05 Å². The normalized spacial score (nSPS) is 16.2. The lowest BCUT2D eigenvalue weighted by atomic mass is 10.0. The lowest BCUT2D eigenvalue weighted by molar-refractivity contribution is 0.0935. The molecule has 2 aromatic heterocycles. The quantitative estimate of drug-likeness (QED) is 0.762. The van der Waals surface area contributed by atoms with Gasteiger partial charge < -0.3 is 10.6 Å². The van der Waals surface area contributed by atoms with Gasteiger partial charge in [-0.25, -0.2) is 0 Å². The van der Waals surface area contributed by atoms with Crippen molar-refractivity contribution in [2.45, 2.75) is 13.1 Å². The van der Waals surface area contributed by atoms with Crippen LogP contribution in [-0.4, -0.2) is 20.7 Å². The Labute approximate surface area is 139 Å². The molecular formula is C18H17N5O. The molecule has 0 saturated carbocycles. The number of fused-ring (bicyclic) bond motifs is 1. The Morgan fingerprint density at radius 1 is 1.17 bits per heavy atom. The zero-order valence-corrected chi connectivity index (χ0v) is 13.4. The molecule has 2 N–H and O–H groups in total. The van der Waals surface area contributed by atoms with Gasteiger partial charge in [-0.1, -0.05) is 12.1 Å². The number of rotatable bonds is 2. The van der Waals surface area contributed by atoms with Crippen molar-refractivity contribution in [1.82, 2.24) is 20.1 Å². The van der Waals surface area contributed by atoms with E-state index in [1.807, 2.05) is 50.5 Å². The number of hydrogen-bond donors (Lipinski definition) is 2. The van der Waals surface area contributed by atoms with E-state index in [2.05, 4.69) is 20.7 Å². The molecule has 120 valence electrons. The van der Waals surface area contributed by atoms with Crippen molar-refractivity contribution in [2.75, 3.05) is 5.32 Å². The molecule has 0 fully saturated rings. The van der Waals surface area contributed by atoms with Gasteiger partial charge in [0.15, 0.2) is 0 Å². The van der Waals surface area contributed by atoms with E-state index in [4.69, 9.17) is 0 Å². The van der Waals surface area contributed by atoms with Crippen molar-refractivity contribution >= 4 is 11.6 Å². The average molecular weight is 319 g/mol. The maximum atomic E-state index is 12.6. The predicted molar refractivity (Wildman–Crippen MR) is 91.4 cm³/mol. The summed E-state index contributed by atoms with van der Waals surface area (Å²) >= 11 is 0.